The maximum absolute atomic E-state index is 12.7. The molecule has 0 aliphatic carbocycles. The molecule has 7 nitrogen and oxygen atoms in total. The van der Waals surface area contributed by atoms with Crippen molar-refractivity contribution in [2.24, 2.45) is 0 Å². The van der Waals surface area contributed by atoms with Crippen LogP contribution in [0, 0.1) is 0 Å². The van der Waals surface area contributed by atoms with Gasteiger partial charge in [0, 0.05) is 11.6 Å². The van der Waals surface area contributed by atoms with E-state index in [4.69, 9.17) is 26.2 Å². The molecule has 1 amide bonds. The van der Waals surface area contributed by atoms with Gasteiger partial charge in [0.05, 0.1) is 24.9 Å². The molecule has 3 aromatic carbocycles. The number of hydrogen-bond acceptors (Lipinski definition) is 5. The number of carboxylic acids is 1. The van der Waals surface area contributed by atoms with Crippen LogP contribution < -0.4 is 14.8 Å². The Morgan fingerprint density at radius 2 is 1.68 bits per heavy atom. The van der Waals surface area contributed by atoms with Gasteiger partial charge in [-0.3, -0.25) is 4.79 Å². The summed E-state index contributed by atoms with van der Waals surface area (Å²) in [7, 11) is 2.92. The van der Waals surface area contributed by atoms with Crippen molar-refractivity contribution < 1.29 is 29.3 Å². The lowest BCUT2D eigenvalue weighted by molar-refractivity contribution is 0.0693. The van der Waals surface area contributed by atoms with Crippen LogP contribution in [0.5, 0.6) is 17.2 Å². The predicted molar refractivity (Wildman–Crippen MR) is 105 cm³/mol. The first-order chi connectivity index (χ1) is 13.3. The van der Waals surface area contributed by atoms with Gasteiger partial charge in [-0.15, -0.1) is 0 Å². The molecule has 28 heavy (non-hydrogen) atoms. The maximum Gasteiger partial charge on any atom is 0.339 e. The zero-order valence-corrected chi connectivity index (χ0v) is 15.7. The molecular weight excluding hydrogens is 386 g/mol. The minimum atomic E-state index is -1.26. The molecule has 0 aliphatic heterocycles. The summed E-state index contributed by atoms with van der Waals surface area (Å²) < 4.78 is 10.4. The van der Waals surface area contributed by atoms with Gasteiger partial charge in [-0.2, -0.15) is 0 Å². The number of aromatic hydroxyl groups is 1. The van der Waals surface area contributed by atoms with Gasteiger partial charge in [-0.25, -0.2) is 4.79 Å². The number of aromatic carboxylic acids is 1. The molecule has 3 aromatic rings. The number of hydrogen-bond donors (Lipinski definition) is 3. The molecule has 0 aliphatic rings. The van der Waals surface area contributed by atoms with Crippen molar-refractivity contribution in [3.63, 3.8) is 0 Å². The first-order valence-corrected chi connectivity index (χ1v) is 8.44. The van der Waals surface area contributed by atoms with Crippen LogP contribution in [0.15, 0.2) is 42.5 Å². The van der Waals surface area contributed by atoms with Gasteiger partial charge in [0.2, 0.25) is 0 Å². The molecule has 0 bridgehead atoms. The Morgan fingerprint density at radius 1 is 0.964 bits per heavy atom. The van der Waals surface area contributed by atoms with E-state index in [2.05, 4.69) is 5.32 Å². The monoisotopic (exact) mass is 401 g/mol. The number of carbonyl (C=O) groups excluding carboxylic acids is 1. The Morgan fingerprint density at radius 3 is 2.32 bits per heavy atom. The van der Waals surface area contributed by atoms with Crippen molar-refractivity contribution in [1.29, 1.82) is 0 Å². The molecule has 8 heteroatoms. The van der Waals surface area contributed by atoms with Gasteiger partial charge in [-0.1, -0.05) is 17.7 Å². The highest BCUT2D eigenvalue weighted by Crippen LogP contribution is 2.36. The molecule has 0 spiro atoms. The van der Waals surface area contributed by atoms with E-state index < -0.39 is 11.9 Å². The Hall–Kier alpha value is -3.45. The molecule has 0 fully saturated rings. The summed E-state index contributed by atoms with van der Waals surface area (Å²) in [5.74, 6) is -1.26. The van der Waals surface area contributed by atoms with Gasteiger partial charge in [0.1, 0.15) is 22.8 Å². The van der Waals surface area contributed by atoms with Crippen LogP contribution in [0.1, 0.15) is 20.7 Å². The van der Waals surface area contributed by atoms with Gasteiger partial charge < -0.3 is 25.0 Å². The van der Waals surface area contributed by atoms with E-state index in [1.54, 1.807) is 18.2 Å². The second kappa shape index (κ2) is 7.66. The van der Waals surface area contributed by atoms with Crippen LogP contribution >= 0.6 is 11.6 Å². The first-order valence-electron chi connectivity index (χ1n) is 8.07. The van der Waals surface area contributed by atoms with Crippen molar-refractivity contribution in [2.75, 3.05) is 19.5 Å². The number of fused-ring (bicyclic) bond motifs is 1. The normalized spacial score (nSPS) is 10.5. The van der Waals surface area contributed by atoms with Crippen LogP contribution in [-0.2, 0) is 0 Å². The summed E-state index contributed by atoms with van der Waals surface area (Å²) in [6, 6.07) is 10.4. The van der Waals surface area contributed by atoms with E-state index >= 15 is 0 Å². The van der Waals surface area contributed by atoms with E-state index in [0.717, 1.165) is 0 Å². The Labute approximate surface area is 165 Å². The molecule has 0 saturated carbocycles. The standard InChI is InChI=1S/C20H16ClNO6/c1-27-17-9-18(28-2)15(8-14(17)21)22-19(24)11-4-3-10-7-16(23)13(20(25)26)6-12(10)5-11/h3-9,23H,1-2H3,(H,22,24)(H,25,26). The maximum atomic E-state index is 12.7. The molecule has 0 unspecified atom stereocenters. The zero-order valence-electron chi connectivity index (χ0n) is 14.9. The minimum Gasteiger partial charge on any atom is -0.507 e. The van der Waals surface area contributed by atoms with Crippen molar-refractivity contribution >= 4 is 39.9 Å². The third-order valence-electron chi connectivity index (χ3n) is 4.17. The summed E-state index contributed by atoms with van der Waals surface area (Å²) in [6.07, 6.45) is 0. The van der Waals surface area contributed by atoms with Crippen LogP contribution in [-0.4, -0.2) is 36.3 Å². The molecule has 3 rings (SSSR count). The van der Waals surface area contributed by atoms with Gasteiger partial charge in [-0.05, 0) is 41.1 Å². The number of ether oxygens (including phenoxy) is 2. The number of rotatable bonds is 5. The zero-order chi connectivity index (χ0) is 20.4. The summed E-state index contributed by atoms with van der Waals surface area (Å²) in [5.41, 5.74) is 0.410. The molecule has 0 aromatic heterocycles. The highest BCUT2D eigenvalue weighted by Gasteiger charge is 2.16. The molecule has 0 atom stereocenters. The number of nitrogens with one attached hydrogen (secondary N) is 1. The number of carbonyl (C=O) groups is 2. The van der Waals surface area contributed by atoms with Crippen LogP contribution in [0.3, 0.4) is 0 Å². The van der Waals surface area contributed by atoms with E-state index in [1.807, 2.05) is 0 Å². The summed E-state index contributed by atoms with van der Waals surface area (Å²) >= 11 is 6.12. The lowest BCUT2D eigenvalue weighted by Crippen LogP contribution is -2.12. The molecule has 0 radical (unpaired) electrons. The lowest BCUT2D eigenvalue weighted by atomic mass is 10.0. The van der Waals surface area contributed by atoms with Crippen molar-refractivity contribution in [3.05, 3.63) is 58.6 Å². The van der Waals surface area contributed by atoms with Crippen LogP contribution in [0.4, 0.5) is 5.69 Å². The third kappa shape index (κ3) is 3.65. The molecule has 144 valence electrons. The molecule has 0 saturated heterocycles. The number of amides is 1. The average Bonchev–Trinajstić information content (AvgIpc) is 2.67. The van der Waals surface area contributed by atoms with Crippen molar-refractivity contribution in [3.8, 4) is 17.2 Å². The molecule has 3 N–H and O–H groups in total. The average molecular weight is 402 g/mol. The highest BCUT2D eigenvalue weighted by molar-refractivity contribution is 6.32. The first kappa shape index (κ1) is 19.3. The van der Waals surface area contributed by atoms with E-state index in [9.17, 15) is 14.7 Å². The highest BCUT2D eigenvalue weighted by atomic mass is 35.5. The number of benzene rings is 3. The molecular formula is C20H16ClNO6. The second-order valence-electron chi connectivity index (χ2n) is 5.88. The Kier molecular flexibility index (Phi) is 5.28. The summed E-state index contributed by atoms with van der Waals surface area (Å²) in [6.45, 7) is 0. The van der Waals surface area contributed by atoms with Gasteiger partial charge >= 0.3 is 5.97 Å². The quantitative estimate of drug-likeness (QED) is 0.592. The number of anilines is 1. The summed E-state index contributed by atoms with van der Waals surface area (Å²) in [4.78, 5) is 23.9. The van der Waals surface area contributed by atoms with Crippen molar-refractivity contribution in [2.45, 2.75) is 0 Å². The predicted octanol–water partition coefficient (Wildman–Crippen LogP) is 4.17. The fourth-order valence-corrected chi connectivity index (χ4v) is 2.99. The van der Waals surface area contributed by atoms with E-state index in [1.165, 1.54) is 38.5 Å². The Balaban J connectivity index is 1.97. The van der Waals surface area contributed by atoms with E-state index in [0.29, 0.717) is 38.5 Å². The third-order valence-corrected chi connectivity index (χ3v) is 4.46. The smallest absolute Gasteiger partial charge is 0.339 e. The fraction of sp³-hybridized carbons (Fsp3) is 0.100. The van der Waals surface area contributed by atoms with E-state index in [-0.39, 0.29) is 11.3 Å². The van der Waals surface area contributed by atoms with Crippen molar-refractivity contribution in [1.82, 2.24) is 0 Å². The SMILES string of the molecule is COc1cc(OC)c(NC(=O)c2ccc3cc(O)c(C(=O)O)cc3c2)cc1Cl. The van der Waals surface area contributed by atoms with Crippen LogP contribution in [0.2, 0.25) is 5.02 Å². The largest absolute Gasteiger partial charge is 0.507 e. The number of phenols is 1. The second-order valence-corrected chi connectivity index (χ2v) is 6.28. The molecule has 0 heterocycles. The number of methoxy groups -OCH3 is 2. The number of halogens is 1. The topological polar surface area (TPSA) is 105 Å². The van der Waals surface area contributed by atoms with Crippen LogP contribution in [0.25, 0.3) is 10.8 Å². The number of carboxylic acid groups (broad SMARTS) is 1. The minimum absolute atomic E-state index is 0.242. The van der Waals surface area contributed by atoms with Gasteiger partial charge in [0.15, 0.2) is 0 Å². The van der Waals surface area contributed by atoms with Gasteiger partial charge in [0.25, 0.3) is 5.91 Å². The lowest BCUT2D eigenvalue weighted by Gasteiger charge is -2.13. The Bertz CT molecular complexity index is 1100. The summed E-state index contributed by atoms with van der Waals surface area (Å²) in [5, 5.41) is 23.1. The fourth-order valence-electron chi connectivity index (χ4n) is 2.75.